The van der Waals surface area contributed by atoms with Crippen LogP contribution in [-0.2, 0) is 16.7 Å². The fraction of sp³-hybridized carbons (Fsp3) is 0.452. The molecular formula is C31H35F5N2O2. The summed E-state index contributed by atoms with van der Waals surface area (Å²) in [6.07, 6.45) is -5.10. The van der Waals surface area contributed by atoms with Gasteiger partial charge in [-0.15, -0.1) is 0 Å². The molecule has 1 saturated carbocycles. The highest BCUT2D eigenvalue weighted by molar-refractivity contribution is 5.76. The number of amides is 2. The molecule has 0 radical (unpaired) electrons. The van der Waals surface area contributed by atoms with Gasteiger partial charge in [0.05, 0.1) is 11.6 Å². The first-order chi connectivity index (χ1) is 19.0. The average molecular weight is 563 g/mol. The lowest BCUT2D eigenvalue weighted by molar-refractivity contribution is -0.312. The van der Waals surface area contributed by atoms with E-state index in [1.807, 2.05) is 68.4 Å². The van der Waals surface area contributed by atoms with Crippen LogP contribution in [0.4, 0.5) is 26.7 Å². The molecule has 2 aromatic rings. The van der Waals surface area contributed by atoms with Gasteiger partial charge in [-0.05, 0) is 53.2 Å². The van der Waals surface area contributed by atoms with Crippen LogP contribution in [0.25, 0.3) is 0 Å². The van der Waals surface area contributed by atoms with Gasteiger partial charge in [0, 0.05) is 18.9 Å². The van der Waals surface area contributed by atoms with Crippen molar-refractivity contribution in [1.82, 2.24) is 10.6 Å². The van der Waals surface area contributed by atoms with Crippen LogP contribution in [0.5, 0.6) is 0 Å². The smallest absolute Gasteiger partial charge is 0.335 e. The Morgan fingerprint density at radius 1 is 1.02 bits per heavy atom. The summed E-state index contributed by atoms with van der Waals surface area (Å²) in [5, 5.41) is 6.06. The second kappa shape index (κ2) is 12.5. The number of hydrogen-bond acceptors (Lipinski definition) is 2. The van der Waals surface area contributed by atoms with E-state index < -0.39 is 36.0 Å². The third kappa shape index (κ3) is 7.11. The Morgan fingerprint density at radius 3 is 2.27 bits per heavy atom. The summed E-state index contributed by atoms with van der Waals surface area (Å²) in [6, 6.07) is 16.2. The topological polar surface area (TPSA) is 50.4 Å². The highest BCUT2D eigenvalue weighted by Gasteiger charge is 2.47. The zero-order valence-corrected chi connectivity index (χ0v) is 22.6. The number of urea groups is 1. The minimum absolute atomic E-state index is 0.0180. The van der Waals surface area contributed by atoms with Gasteiger partial charge >= 0.3 is 18.6 Å². The molecule has 0 aromatic heterocycles. The van der Waals surface area contributed by atoms with Gasteiger partial charge in [0.25, 0.3) is 0 Å². The molecule has 4 nitrogen and oxygen atoms in total. The van der Waals surface area contributed by atoms with E-state index in [-0.39, 0.29) is 30.4 Å². The van der Waals surface area contributed by atoms with Crippen molar-refractivity contribution in [2.75, 3.05) is 0 Å². The lowest BCUT2D eigenvalue weighted by Gasteiger charge is -2.41. The minimum atomic E-state index is -4.77. The Labute approximate surface area is 231 Å². The average Bonchev–Trinajstić information content (AvgIpc) is 3.41. The fourth-order valence-electron chi connectivity index (χ4n) is 5.49. The van der Waals surface area contributed by atoms with Crippen LogP contribution in [0.3, 0.4) is 0 Å². The fourth-order valence-corrected chi connectivity index (χ4v) is 5.49. The van der Waals surface area contributed by atoms with Gasteiger partial charge in [-0.1, -0.05) is 81.3 Å². The number of hydrogen-bond donors (Lipinski definition) is 2. The molecule has 1 unspecified atom stereocenters. The van der Waals surface area contributed by atoms with E-state index in [1.54, 1.807) is 0 Å². The van der Waals surface area contributed by atoms with Crippen molar-refractivity contribution in [2.24, 2.45) is 0 Å². The molecule has 40 heavy (non-hydrogen) atoms. The second-order valence-corrected chi connectivity index (χ2v) is 10.9. The van der Waals surface area contributed by atoms with Crippen molar-refractivity contribution in [1.29, 1.82) is 0 Å². The third-order valence-electron chi connectivity index (χ3n) is 7.59. The largest absolute Gasteiger partial charge is 0.417 e. The van der Waals surface area contributed by atoms with Gasteiger partial charge in [0.2, 0.25) is 0 Å². The summed E-state index contributed by atoms with van der Waals surface area (Å²) in [5.41, 5.74) is 1.26. The molecule has 2 atom stereocenters. The van der Waals surface area contributed by atoms with Crippen LogP contribution >= 0.6 is 0 Å². The maximum atomic E-state index is 15.0. The molecule has 1 fully saturated rings. The minimum Gasteiger partial charge on any atom is -0.335 e. The SMILES string of the molecule is CC(C)c1ccc([C@@](Cc2ccccc2)(NC(=O)NC2CCCC2)C2=CC(F)=CC(OC(F)(F)C(F)F)C2)cc1. The molecular weight excluding hydrogens is 527 g/mol. The number of nitrogens with one attached hydrogen (secondary N) is 2. The summed E-state index contributed by atoms with van der Waals surface area (Å²) in [4.78, 5) is 13.5. The Morgan fingerprint density at radius 2 is 1.68 bits per heavy atom. The van der Waals surface area contributed by atoms with E-state index in [1.165, 1.54) is 6.08 Å². The van der Waals surface area contributed by atoms with E-state index in [0.717, 1.165) is 42.9 Å². The van der Waals surface area contributed by atoms with Crippen molar-refractivity contribution < 1.29 is 31.5 Å². The quantitative estimate of drug-likeness (QED) is 0.289. The first-order valence-corrected chi connectivity index (χ1v) is 13.6. The molecule has 2 N–H and O–H groups in total. The maximum absolute atomic E-state index is 15.0. The Balaban J connectivity index is 1.80. The summed E-state index contributed by atoms with van der Waals surface area (Å²) < 4.78 is 73.1. The zero-order chi connectivity index (χ0) is 28.9. The number of benzene rings is 2. The summed E-state index contributed by atoms with van der Waals surface area (Å²) in [7, 11) is 0. The predicted molar refractivity (Wildman–Crippen MR) is 144 cm³/mol. The normalized spacial score (nSPS) is 19.8. The van der Waals surface area contributed by atoms with Crippen molar-refractivity contribution >= 4 is 6.03 Å². The summed E-state index contributed by atoms with van der Waals surface area (Å²) >= 11 is 0. The van der Waals surface area contributed by atoms with Crippen molar-refractivity contribution in [3.05, 3.63) is 94.8 Å². The molecule has 0 aliphatic heterocycles. The number of rotatable bonds is 10. The van der Waals surface area contributed by atoms with Crippen molar-refractivity contribution in [3.63, 3.8) is 0 Å². The molecule has 9 heteroatoms. The van der Waals surface area contributed by atoms with E-state index >= 15 is 4.39 Å². The van der Waals surface area contributed by atoms with E-state index in [2.05, 4.69) is 15.4 Å². The summed E-state index contributed by atoms with van der Waals surface area (Å²) in [5.74, 6) is -0.689. The number of ether oxygens (including phenoxy) is 1. The highest BCUT2D eigenvalue weighted by Crippen LogP contribution is 2.41. The van der Waals surface area contributed by atoms with Crippen LogP contribution in [0, 0.1) is 0 Å². The standard InChI is InChI=1S/C31H35F5N2O2/c1-20(2)22-12-14-23(15-13-22)30(19-21-8-4-3-5-9-21,38-29(39)37-26-10-6-7-11-26)24-16-25(32)18-27(17-24)40-31(35,36)28(33)34/h3-5,8-9,12-16,18,20,26-28H,6-7,10-11,17,19H2,1-2H3,(H2,37,38,39)/t27?,30-/m1/s1. The predicted octanol–water partition coefficient (Wildman–Crippen LogP) is 7.92. The Hall–Kier alpha value is -3.20. The first kappa shape index (κ1) is 29.8. The number of allylic oxidation sites excluding steroid dienone is 2. The van der Waals surface area contributed by atoms with Gasteiger partial charge in [-0.25, -0.2) is 18.0 Å². The molecule has 2 aliphatic carbocycles. The monoisotopic (exact) mass is 562 g/mol. The second-order valence-electron chi connectivity index (χ2n) is 10.9. The molecule has 0 bridgehead atoms. The molecule has 0 saturated heterocycles. The molecule has 0 heterocycles. The molecule has 0 spiro atoms. The maximum Gasteiger partial charge on any atom is 0.417 e. The number of alkyl halides is 4. The molecule has 216 valence electrons. The number of carbonyl (C=O) groups excluding carboxylic acids is 1. The van der Waals surface area contributed by atoms with E-state index in [4.69, 9.17) is 0 Å². The number of carbonyl (C=O) groups is 1. The van der Waals surface area contributed by atoms with E-state index in [9.17, 15) is 22.4 Å². The Bertz CT molecular complexity index is 1210. The van der Waals surface area contributed by atoms with Gasteiger partial charge in [-0.2, -0.15) is 8.78 Å². The van der Waals surface area contributed by atoms with Crippen LogP contribution in [0.1, 0.15) is 68.6 Å². The summed E-state index contributed by atoms with van der Waals surface area (Å²) in [6.45, 7) is 4.07. The highest BCUT2D eigenvalue weighted by atomic mass is 19.3. The van der Waals surface area contributed by atoms with Crippen LogP contribution in [0.15, 0.2) is 78.1 Å². The van der Waals surface area contributed by atoms with Crippen molar-refractivity contribution in [2.45, 2.75) is 88.5 Å². The van der Waals surface area contributed by atoms with Crippen LogP contribution in [0.2, 0.25) is 0 Å². The lowest BCUT2D eigenvalue weighted by Crippen LogP contribution is -2.54. The lowest BCUT2D eigenvalue weighted by atomic mass is 9.74. The third-order valence-corrected chi connectivity index (χ3v) is 7.59. The van der Waals surface area contributed by atoms with Gasteiger partial charge in [-0.3, -0.25) is 0 Å². The zero-order valence-electron chi connectivity index (χ0n) is 22.6. The first-order valence-electron chi connectivity index (χ1n) is 13.6. The van der Waals surface area contributed by atoms with Crippen molar-refractivity contribution in [3.8, 4) is 0 Å². The van der Waals surface area contributed by atoms with Gasteiger partial charge < -0.3 is 15.4 Å². The van der Waals surface area contributed by atoms with E-state index in [0.29, 0.717) is 5.56 Å². The molecule has 2 aliphatic rings. The molecule has 2 amide bonds. The Kier molecular flexibility index (Phi) is 9.33. The van der Waals surface area contributed by atoms with Crippen LogP contribution < -0.4 is 10.6 Å². The molecule has 4 rings (SSSR count). The molecule has 2 aromatic carbocycles. The number of halogens is 5. The van der Waals surface area contributed by atoms with Gasteiger partial charge in [0.1, 0.15) is 5.83 Å². The van der Waals surface area contributed by atoms with Gasteiger partial charge in [0.15, 0.2) is 0 Å². The van der Waals surface area contributed by atoms with Crippen LogP contribution in [-0.4, -0.2) is 30.7 Å².